The van der Waals surface area contributed by atoms with Gasteiger partial charge in [-0.3, -0.25) is 14.4 Å². The van der Waals surface area contributed by atoms with E-state index in [1.165, 1.54) is 23.9 Å². The topological polar surface area (TPSA) is 87.3 Å². The van der Waals surface area contributed by atoms with Crippen molar-refractivity contribution in [1.29, 1.82) is 0 Å². The SMILES string of the molecule is CC(Sc1cccc(NC(=O)/C(=C\c2cccc3ccccc23)NC(=O)c2ccccc2)c1)C(=O)Nc1cccc(C(F)(F)F)c1. The number of anilines is 2. The van der Waals surface area contributed by atoms with Gasteiger partial charge in [0.15, 0.2) is 0 Å². The van der Waals surface area contributed by atoms with Crippen molar-refractivity contribution in [1.82, 2.24) is 5.32 Å². The van der Waals surface area contributed by atoms with Crippen LogP contribution in [0.1, 0.15) is 28.4 Å². The molecule has 0 aromatic heterocycles. The smallest absolute Gasteiger partial charge is 0.325 e. The number of carbonyl (C=O) groups is 3. The minimum absolute atomic E-state index is 0.0251. The van der Waals surface area contributed by atoms with Crippen LogP contribution in [-0.4, -0.2) is 23.0 Å². The standard InChI is InChI=1S/C36H28F3N3O3S/c1-23(33(43)40-28-16-8-15-27(21-28)36(37,38)39)46-30-18-9-17-29(22-30)41-35(45)32(42-34(44)25-11-3-2-4-12-25)20-26-14-7-13-24-10-5-6-19-31(24)26/h2-23H,1H3,(H,40,43)(H,41,45)(H,42,44)/b32-20+. The number of fused-ring (bicyclic) bond motifs is 1. The second-order valence-electron chi connectivity index (χ2n) is 10.3. The maximum atomic E-state index is 13.6. The van der Waals surface area contributed by atoms with Crippen molar-refractivity contribution in [2.45, 2.75) is 23.2 Å². The Morgan fingerprint density at radius 1 is 0.739 bits per heavy atom. The maximum absolute atomic E-state index is 13.6. The van der Waals surface area contributed by atoms with Gasteiger partial charge >= 0.3 is 6.18 Å². The number of nitrogens with one attached hydrogen (secondary N) is 3. The van der Waals surface area contributed by atoms with Crippen LogP contribution in [0.3, 0.4) is 0 Å². The van der Waals surface area contributed by atoms with Gasteiger partial charge in [0, 0.05) is 21.8 Å². The number of halogens is 3. The monoisotopic (exact) mass is 639 g/mol. The third kappa shape index (κ3) is 8.22. The highest BCUT2D eigenvalue weighted by molar-refractivity contribution is 8.00. The van der Waals surface area contributed by atoms with Gasteiger partial charge in [-0.2, -0.15) is 13.2 Å². The highest BCUT2D eigenvalue weighted by Crippen LogP contribution is 2.31. The summed E-state index contributed by atoms with van der Waals surface area (Å²) in [5, 5.41) is 9.30. The lowest BCUT2D eigenvalue weighted by atomic mass is 10.0. The lowest BCUT2D eigenvalue weighted by Crippen LogP contribution is -2.30. The summed E-state index contributed by atoms with van der Waals surface area (Å²) in [7, 11) is 0. The first-order valence-corrected chi connectivity index (χ1v) is 15.1. The minimum atomic E-state index is -4.53. The van der Waals surface area contributed by atoms with E-state index in [2.05, 4.69) is 16.0 Å². The first-order chi connectivity index (χ1) is 22.1. The summed E-state index contributed by atoms with van der Waals surface area (Å²) in [4.78, 5) is 40.1. The van der Waals surface area contributed by atoms with E-state index in [1.807, 2.05) is 42.5 Å². The van der Waals surface area contributed by atoms with E-state index in [1.54, 1.807) is 67.6 Å². The molecule has 0 saturated carbocycles. The summed E-state index contributed by atoms with van der Waals surface area (Å²) in [6.45, 7) is 1.63. The molecule has 0 aliphatic rings. The highest BCUT2D eigenvalue weighted by atomic mass is 32.2. The van der Waals surface area contributed by atoms with Crippen molar-refractivity contribution in [3.8, 4) is 0 Å². The predicted octanol–water partition coefficient (Wildman–Crippen LogP) is 8.39. The number of hydrogen-bond donors (Lipinski definition) is 3. The summed E-state index contributed by atoms with van der Waals surface area (Å²) in [6, 6.07) is 33.1. The first-order valence-electron chi connectivity index (χ1n) is 14.2. The molecule has 6 nitrogen and oxygen atoms in total. The number of alkyl halides is 3. The van der Waals surface area contributed by atoms with Crippen LogP contribution in [0.4, 0.5) is 24.5 Å². The Morgan fingerprint density at radius 2 is 1.39 bits per heavy atom. The number of benzene rings is 5. The van der Waals surface area contributed by atoms with E-state index in [-0.39, 0.29) is 11.4 Å². The number of thioether (sulfide) groups is 1. The third-order valence-corrected chi connectivity index (χ3v) is 7.98. The molecule has 10 heteroatoms. The molecule has 46 heavy (non-hydrogen) atoms. The van der Waals surface area contributed by atoms with Crippen LogP contribution in [-0.2, 0) is 15.8 Å². The Kier molecular flexibility index (Phi) is 9.88. The molecule has 0 aliphatic carbocycles. The average Bonchev–Trinajstić information content (AvgIpc) is 3.05. The normalized spacial score (nSPS) is 12.3. The average molecular weight is 640 g/mol. The minimum Gasteiger partial charge on any atom is -0.325 e. The lowest BCUT2D eigenvalue weighted by molar-refractivity contribution is -0.137. The quantitative estimate of drug-likeness (QED) is 0.112. The number of rotatable bonds is 9. The summed E-state index contributed by atoms with van der Waals surface area (Å²) in [5.74, 6) is -1.50. The van der Waals surface area contributed by atoms with Crippen LogP contribution < -0.4 is 16.0 Å². The Balaban J connectivity index is 1.33. The summed E-state index contributed by atoms with van der Waals surface area (Å²) in [6.07, 6.45) is -2.91. The van der Waals surface area contributed by atoms with Gasteiger partial charge in [0.05, 0.1) is 10.8 Å². The summed E-state index contributed by atoms with van der Waals surface area (Å²) in [5.41, 5.74) is 0.742. The lowest BCUT2D eigenvalue weighted by Gasteiger charge is -2.15. The van der Waals surface area contributed by atoms with Gasteiger partial charge in [0.2, 0.25) is 5.91 Å². The molecular weight excluding hydrogens is 611 g/mol. The van der Waals surface area contributed by atoms with E-state index in [4.69, 9.17) is 0 Å². The molecule has 1 unspecified atom stereocenters. The molecule has 0 radical (unpaired) electrons. The second-order valence-corrected chi connectivity index (χ2v) is 11.7. The molecule has 0 saturated heterocycles. The van der Waals surface area contributed by atoms with Crippen LogP contribution >= 0.6 is 11.8 Å². The van der Waals surface area contributed by atoms with Crippen LogP contribution in [0.25, 0.3) is 16.8 Å². The fraction of sp³-hybridized carbons (Fsp3) is 0.0833. The number of amides is 3. The maximum Gasteiger partial charge on any atom is 0.416 e. The molecule has 1 atom stereocenters. The third-order valence-electron chi connectivity index (χ3n) is 6.88. The number of hydrogen-bond acceptors (Lipinski definition) is 4. The molecule has 232 valence electrons. The molecule has 3 N–H and O–H groups in total. The van der Waals surface area contributed by atoms with E-state index in [9.17, 15) is 27.6 Å². The Labute approximate surface area is 267 Å². The second kappa shape index (κ2) is 14.2. The predicted molar refractivity (Wildman–Crippen MR) is 176 cm³/mol. The van der Waals surface area contributed by atoms with E-state index in [0.717, 1.165) is 28.5 Å². The van der Waals surface area contributed by atoms with Crippen LogP contribution in [0.5, 0.6) is 0 Å². The van der Waals surface area contributed by atoms with Crippen LogP contribution in [0, 0.1) is 0 Å². The van der Waals surface area contributed by atoms with Crippen molar-refractivity contribution >= 4 is 57.7 Å². The zero-order valence-corrected chi connectivity index (χ0v) is 25.3. The van der Waals surface area contributed by atoms with E-state index >= 15 is 0 Å². The molecule has 5 rings (SSSR count). The van der Waals surface area contributed by atoms with Crippen molar-refractivity contribution in [2.24, 2.45) is 0 Å². The van der Waals surface area contributed by atoms with Crippen LogP contribution in [0.15, 0.2) is 132 Å². The molecule has 5 aromatic rings. The van der Waals surface area contributed by atoms with E-state index < -0.39 is 34.7 Å². The zero-order valence-electron chi connectivity index (χ0n) is 24.5. The molecule has 0 spiro atoms. The van der Waals surface area contributed by atoms with Gasteiger partial charge < -0.3 is 16.0 Å². The highest BCUT2D eigenvalue weighted by Gasteiger charge is 2.30. The molecule has 5 aromatic carbocycles. The van der Waals surface area contributed by atoms with Crippen molar-refractivity contribution in [2.75, 3.05) is 10.6 Å². The number of carbonyl (C=O) groups excluding carboxylic acids is 3. The fourth-order valence-electron chi connectivity index (χ4n) is 4.59. The summed E-state index contributed by atoms with van der Waals surface area (Å²) < 4.78 is 39.2. The Hall–Kier alpha value is -5.35. The van der Waals surface area contributed by atoms with Gasteiger partial charge in [-0.25, -0.2) is 0 Å². The van der Waals surface area contributed by atoms with Crippen molar-refractivity contribution in [3.05, 3.63) is 144 Å². The van der Waals surface area contributed by atoms with Crippen molar-refractivity contribution in [3.63, 3.8) is 0 Å². The Bertz CT molecular complexity index is 1920. The van der Waals surface area contributed by atoms with Gasteiger partial charge in [-0.1, -0.05) is 72.8 Å². The molecular formula is C36H28F3N3O3S. The Morgan fingerprint density at radius 3 is 2.15 bits per heavy atom. The molecule has 0 aliphatic heterocycles. The first kappa shape index (κ1) is 32.1. The van der Waals surface area contributed by atoms with Crippen LogP contribution in [0.2, 0.25) is 0 Å². The largest absolute Gasteiger partial charge is 0.416 e. The van der Waals surface area contributed by atoms with Gasteiger partial charge in [0.1, 0.15) is 5.70 Å². The van der Waals surface area contributed by atoms with Crippen molar-refractivity contribution < 1.29 is 27.6 Å². The fourth-order valence-corrected chi connectivity index (χ4v) is 5.52. The van der Waals surface area contributed by atoms with E-state index in [0.29, 0.717) is 16.1 Å². The summed E-state index contributed by atoms with van der Waals surface area (Å²) >= 11 is 1.17. The zero-order chi connectivity index (χ0) is 32.7. The molecule has 0 heterocycles. The van der Waals surface area contributed by atoms with Gasteiger partial charge in [0.25, 0.3) is 11.8 Å². The van der Waals surface area contributed by atoms with Gasteiger partial charge in [-0.15, -0.1) is 11.8 Å². The molecule has 3 amide bonds. The van der Waals surface area contributed by atoms with Gasteiger partial charge in [-0.05, 0) is 77.9 Å². The molecule has 0 bridgehead atoms. The molecule has 0 fully saturated rings.